The average Bonchev–Trinajstić information content (AvgIpc) is 2.45. The lowest BCUT2D eigenvalue weighted by atomic mass is 10.1. The Kier molecular flexibility index (Phi) is 5.58. The number of esters is 1. The summed E-state index contributed by atoms with van der Waals surface area (Å²) in [6, 6.07) is 4.88. The van der Waals surface area contributed by atoms with E-state index in [-0.39, 0.29) is 12.1 Å². The number of hydrogen-bond donors (Lipinski definition) is 2. The van der Waals surface area contributed by atoms with Crippen LogP contribution in [0.3, 0.4) is 0 Å². The van der Waals surface area contributed by atoms with Gasteiger partial charge in [0.1, 0.15) is 5.76 Å². The van der Waals surface area contributed by atoms with Gasteiger partial charge in [0.15, 0.2) is 0 Å². The van der Waals surface area contributed by atoms with Gasteiger partial charge in [-0.05, 0) is 37.6 Å². The van der Waals surface area contributed by atoms with E-state index in [9.17, 15) is 9.59 Å². The Hall–Kier alpha value is -2.50. The second-order valence-corrected chi connectivity index (χ2v) is 4.06. The van der Waals surface area contributed by atoms with E-state index in [1.54, 1.807) is 38.1 Å². The van der Waals surface area contributed by atoms with Crippen molar-refractivity contribution in [2.45, 2.75) is 20.4 Å². The molecular formula is C14H18N2O4. The van der Waals surface area contributed by atoms with Gasteiger partial charge in [-0.15, -0.1) is 0 Å². The van der Waals surface area contributed by atoms with Crippen molar-refractivity contribution in [3.05, 3.63) is 41.2 Å². The molecule has 20 heavy (non-hydrogen) atoms. The maximum absolute atomic E-state index is 11.5. The Morgan fingerprint density at radius 1 is 1.40 bits per heavy atom. The van der Waals surface area contributed by atoms with E-state index in [4.69, 9.17) is 10.5 Å². The van der Waals surface area contributed by atoms with E-state index in [1.807, 2.05) is 0 Å². The smallest absolute Gasteiger partial charge is 0.412 e. The van der Waals surface area contributed by atoms with Crippen LogP contribution in [0.25, 0.3) is 0 Å². The van der Waals surface area contributed by atoms with Gasteiger partial charge in [0.25, 0.3) is 0 Å². The van der Waals surface area contributed by atoms with Crippen LogP contribution in [-0.2, 0) is 16.0 Å². The third-order valence-corrected chi connectivity index (χ3v) is 2.62. The maximum Gasteiger partial charge on any atom is 0.412 e. The summed E-state index contributed by atoms with van der Waals surface area (Å²) in [6.07, 6.45) is 1.12. The summed E-state index contributed by atoms with van der Waals surface area (Å²) >= 11 is 0. The number of nitrogens with one attached hydrogen (secondary N) is 1. The number of hydrogen-bond acceptors (Lipinski definition) is 5. The van der Waals surface area contributed by atoms with Gasteiger partial charge in [0.2, 0.25) is 0 Å². The van der Waals surface area contributed by atoms with Crippen LogP contribution in [0.2, 0.25) is 0 Å². The van der Waals surface area contributed by atoms with Gasteiger partial charge in [0.05, 0.1) is 12.7 Å². The number of amides is 1. The molecule has 1 amide bonds. The number of rotatable bonds is 4. The molecule has 1 aromatic rings. The van der Waals surface area contributed by atoms with Crippen LogP contribution in [-0.4, -0.2) is 19.2 Å². The van der Waals surface area contributed by atoms with Crippen molar-refractivity contribution >= 4 is 17.7 Å². The molecule has 0 unspecified atom stereocenters. The first kappa shape index (κ1) is 15.6. The van der Waals surface area contributed by atoms with Gasteiger partial charge in [-0.2, -0.15) is 0 Å². The molecule has 0 heterocycles. The van der Waals surface area contributed by atoms with E-state index in [1.165, 1.54) is 7.11 Å². The zero-order valence-corrected chi connectivity index (χ0v) is 11.7. The van der Waals surface area contributed by atoms with Gasteiger partial charge in [0, 0.05) is 12.2 Å². The lowest BCUT2D eigenvalue weighted by Crippen LogP contribution is -2.23. The maximum atomic E-state index is 11.5. The Balaban J connectivity index is 2.70. The van der Waals surface area contributed by atoms with Gasteiger partial charge in [-0.3, -0.25) is 0 Å². The largest absolute Gasteiger partial charge is 0.465 e. The molecule has 0 fully saturated rings. The molecule has 0 aliphatic rings. The van der Waals surface area contributed by atoms with Gasteiger partial charge in [-0.1, -0.05) is 6.07 Å². The SMILES string of the molecule is C/C=C(\C)OC(=O)NCc1ccc(N)c(C(=O)OC)c1. The first-order chi connectivity index (χ1) is 9.47. The second kappa shape index (κ2) is 7.18. The lowest BCUT2D eigenvalue weighted by molar-refractivity contribution is 0.0602. The zero-order chi connectivity index (χ0) is 15.1. The van der Waals surface area contributed by atoms with Crippen LogP contribution in [0.15, 0.2) is 30.0 Å². The predicted molar refractivity (Wildman–Crippen MR) is 74.9 cm³/mol. The van der Waals surface area contributed by atoms with Crippen molar-refractivity contribution in [1.82, 2.24) is 5.32 Å². The molecule has 3 N–H and O–H groups in total. The van der Waals surface area contributed by atoms with Crippen molar-refractivity contribution in [2.24, 2.45) is 0 Å². The highest BCUT2D eigenvalue weighted by atomic mass is 16.6. The van der Waals surface area contributed by atoms with Crippen LogP contribution in [0.1, 0.15) is 29.8 Å². The molecule has 0 aliphatic carbocycles. The van der Waals surface area contributed by atoms with Crippen LogP contribution in [0, 0.1) is 0 Å². The monoisotopic (exact) mass is 278 g/mol. The molecule has 6 nitrogen and oxygen atoms in total. The zero-order valence-electron chi connectivity index (χ0n) is 11.7. The van der Waals surface area contributed by atoms with Crippen LogP contribution in [0.4, 0.5) is 10.5 Å². The highest BCUT2D eigenvalue weighted by molar-refractivity contribution is 5.95. The van der Waals surface area contributed by atoms with Crippen LogP contribution in [0.5, 0.6) is 0 Å². The van der Waals surface area contributed by atoms with E-state index in [0.29, 0.717) is 11.4 Å². The molecule has 0 radical (unpaired) electrons. The Bertz CT molecular complexity index is 538. The fourth-order valence-electron chi connectivity index (χ4n) is 1.42. The predicted octanol–water partition coefficient (Wildman–Crippen LogP) is 2.21. The number of carbonyl (C=O) groups is 2. The number of anilines is 1. The third kappa shape index (κ3) is 4.31. The van der Waals surface area contributed by atoms with E-state index in [2.05, 4.69) is 10.1 Å². The van der Waals surface area contributed by atoms with Crippen molar-refractivity contribution in [3.8, 4) is 0 Å². The summed E-state index contributed by atoms with van der Waals surface area (Å²) in [7, 11) is 1.28. The van der Waals surface area contributed by atoms with Crippen LogP contribution >= 0.6 is 0 Å². The number of alkyl carbamates (subject to hydrolysis) is 1. The number of benzene rings is 1. The number of nitrogens with two attached hydrogens (primary N) is 1. The summed E-state index contributed by atoms with van der Waals surface area (Å²) in [4.78, 5) is 22.9. The first-order valence-corrected chi connectivity index (χ1v) is 6.03. The fraction of sp³-hybridized carbons (Fsp3) is 0.286. The summed E-state index contributed by atoms with van der Waals surface area (Å²) in [5.41, 5.74) is 7.00. The molecule has 1 aromatic carbocycles. The number of nitrogen functional groups attached to an aromatic ring is 1. The summed E-state index contributed by atoms with van der Waals surface area (Å²) in [6.45, 7) is 3.67. The quantitative estimate of drug-likeness (QED) is 0.500. The van der Waals surface area contributed by atoms with Crippen molar-refractivity contribution in [2.75, 3.05) is 12.8 Å². The molecular weight excluding hydrogens is 260 g/mol. The highest BCUT2D eigenvalue weighted by Crippen LogP contribution is 2.15. The molecule has 0 aromatic heterocycles. The molecule has 0 aliphatic heterocycles. The molecule has 0 atom stereocenters. The van der Waals surface area contributed by atoms with Crippen molar-refractivity contribution < 1.29 is 19.1 Å². The number of allylic oxidation sites excluding steroid dienone is 2. The molecule has 0 bridgehead atoms. The van der Waals surface area contributed by atoms with E-state index >= 15 is 0 Å². The van der Waals surface area contributed by atoms with Gasteiger partial charge < -0.3 is 20.5 Å². The molecule has 1 rings (SSSR count). The Labute approximate surface area is 117 Å². The first-order valence-electron chi connectivity index (χ1n) is 6.03. The van der Waals surface area contributed by atoms with Crippen molar-refractivity contribution in [3.63, 3.8) is 0 Å². The normalized spacial score (nSPS) is 10.8. The van der Waals surface area contributed by atoms with Gasteiger partial charge >= 0.3 is 12.1 Å². The molecule has 6 heteroatoms. The summed E-state index contributed by atoms with van der Waals surface area (Å²) < 4.78 is 9.56. The van der Waals surface area contributed by atoms with E-state index in [0.717, 1.165) is 5.56 Å². The topological polar surface area (TPSA) is 90.6 Å². The number of ether oxygens (including phenoxy) is 2. The number of carbonyl (C=O) groups excluding carboxylic acids is 2. The minimum absolute atomic E-state index is 0.222. The molecule has 0 saturated heterocycles. The molecule has 0 spiro atoms. The fourth-order valence-corrected chi connectivity index (χ4v) is 1.42. The molecule has 108 valence electrons. The average molecular weight is 278 g/mol. The summed E-state index contributed by atoms with van der Waals surface area (Å²) in [5.74, 6) is -0.00765. The minimum atomic E-state index is -0.558. The van der Waals surface area contributed by atoms with Gasteiger partial charge in [-0.25, -0.2) is 9.59 Å². The van der Waals surface area contributed by atoms with Crippen molar-refractivity contribution in [1.29, 1.82) is 0 Å². The van der Waals surface area contributed by atoms with E-state index < -0.39 is 12.1 Å². The Morgan fingerprint density at radius 2 is 2.10 bits per heavy atom. The number of methoxy groups -OCH3 is 1. The third-order valence-electron chi connectivity index (χ3n) is 2.62. The second-order valence-electron chi connectivity index (χ2n) is 4.06. The van der Waals surface area contributed by atoms with Crippen LogP contribution < -0.4 is 11.1 Å². The molecule has 0 saturated carbocycles. The highest BCUT2D eigenvalue weighted by Gasteiger charge is 2.11. The Morgan fingerprint density at radius 3 is 2.70 bits per heavy atom. The minimum Gasteiger partial charge on any atom is -0.465 e. The lowest BCUT2D eigenvalue weighted by Gasteiger charge is -2.09. The summed E-state index contributed by atoms with van der Waals surface area (Å²) in [5, 5.41) is 2.57. The standard InChI is InChI=1S/C14H18N2O4/c1-4-9(2)20-14(18)16-8-10-5-6-12(15)11(7-10)13(17)19-3/h4-7H,8,15H2,1-3H3,(H,16,18)/b9-4+.